The maximum atomic E-state index is 11.8. The third-order valence-electron chi connectivity index (χ3n) is 3.60. The molecule has 1 amide bonds. The smallest absolute Gasteiger partial charge is 0.223 e. The maximum absolute atomic E-state index is 11.8. The first-order chi connectivity index (χ1) is 9.11. The van der Waals surface area contributed by atoms with Crippen molar-refractivity contribution < 1.29 is 14.6 Å². The molecule has 1 aliphatic heterocycles. The number of carbonyl (C=O) groups is 1. The third-order valence-corrected chi connectivity index (χ3v) is 3.60. The van der Waals surface area contributed by atoms with Crippen molar-refractivity contribution in [2.75, 3.05) is 19.8 Å². The first-order valence-corrected chi connectivity index (χ1v) is 6.70. The van der Waals surface area contributed by atoms with Gasteiger partial charge in [0.25, 0.3) is 0 Å². The number of nitrogens with zero attached hydrogens (tertiary/aromatic N) is 1. The summed E-state index contributed by atoms with van der Waals surface area (Å²) in [5.74, 6) is 1.05. The number of aryl methyl sites for hydroxylation is 1. The molecule has 1 saturated heterocycles. The minimum absolute atomic E-state index is 0.0312. The molecule has 0 aromatic heterocycles. The Labute approximate surface area is 114 Å². The van der Waals surface area contributed by atoms with E-state index >= 15 is 0 Å². The zero-order chi connectivity index (χ0) is 13.8. The highest BCUT2D eigenvalue weighted by atomic mass is 16.5. The molecule has 1 N–H and O–H groups in total. The molecule has 1 heterocycles. The van der Waals surface area contributed by atoms with Gasteiger partial charge in [0.2, 0.25) is 5.91 Å². The number of ether oxygens (including phenoxy) is 1. The highest BCUT2D eigenvalue weighted by Crippen LogP contribution is 2.21. The minimum Gasteiger partial charge on any atom is -0.491 e. The van der Waals surface area contributed by atoms with Crippen LogP contribution in [0.4, 0.5) is 0 Å². The molecule has 0 bridgehead atoms. The van der Waals surface area contributed by atoms with Crippen LogP contribution < -0.4 is 4.74 Å². The molecule has 2 unspecified atom stereocenters. The number of carbonyl (C=O) groups excluding carboxylic acids is 1. The number of aliphatic hydroxyl groups is 1. The fraction of sp³-hybridized carbons (Fsp3) is 0.533. The Morgan fingerprint density at radius 1 is 1.47 bits per heavy atom. The van der Waals surface area contributed by atoms with E-state index < -0.39 is 0 Å². The van der Waals surface area contributed by atoms with Crippen LogP contribution in [-0.2, 0) is 4.79 Å². The minimum atomic E-state index is 0.0312. The second-order valence-electron chi connectivity index (χ2n) is 5.22. The summed E-state index contributed by atoms with van der Waals surface area (Å²) >= 11 is 0. The van der Waals surface area contributed by atoms with Crippen molar-refractivity contribution in [2.24, 2.45) is 5.92 Å². The highest BCUT2D eigenvalue weighted by Gasteiger charge is 2.32. The Morgan fingerprint density at radius 3 is 2.84 bits per heavy atom. The normalized spacial score (nSPS) is 20.7. The summed E-state index contributed by atoms with van der Waals surface area (Å²) in [6, 6.07) is 7.88. The molecule has 2 rings (SSSR count). The van der Waals surface area contributed by atoms with Crippen molar-refractivity contribution in [1.82, 2.24) is 4.90 Å². The Morgan fingerprint density at radius 2 is 2.21 bits per heavy atom. The molecular formula is C15H21NO3. The van der Waals surface area contributed by atoms with E-state index in [0.717, 1.165) is 11.3 Å². The predicted molar refractivity (Wildman–Crippen MR) is 73.0 cm³/mol. The molecule has 1 fully saturated rings. The summed E-state index contributed by atoms with van der Waals surface area (Å²) in [6.45, 7) is 5.18. The lowest BCUT2D eigenvalue weighted by Gasteiger charge is -2.25. The lowest BCUT2D eigenvalue weighted by molar-refractivity contribution is -0.129. The molecule has 4 nitrogen and oxygen atoms in total. The van der Waals surface area contributed by atoms with E-state index in [9.17, 15) is 4.79 Å². The van der Waals surface area contributed by atoms with E-state index in [-0.39, 0.29) is 24.5 Å². The van der Waals surface area contributed by atoms with Crippen LogP contribution in [0.5, 0.6) is 5.75 Å². The molecule has 0 radical (unpaired) electrons. The second-order valence-corrected chi connectivity index (χ2v) is 5.22. The number of rotatable bonds is 5. The molecule has 104 valence electrons. The SMILES string of the molecule is Cc1ccccc1OCC(C)N1CC(CO)CC1=O. The third kappa shape index (κ3) is 3.26. The van der Waals surface area contributed by atoms with Crippen molar-refractivity contribution in [2.45, 2.75) is 26.3 Å². The van der Waals surface area contributed by atoms with Crippen LogP contribution in [0.1, 0.15) is 18.9 Å². The largest absolute Gasteiger partial charge is 0.491 e. The number of benzene rings is 1. The number of para-hydroxylation sites is 1. The molecule has 0 saturated carbocycles. The van der Waals surface area contributed by atoms with Gasteiger partial charge in [-0.25, -0.2) is 0 Å². The lowest BCUT2D eigenvalue weighted by Crippen LogP contribution is -2.38. The molecule has 1 aliphatic rings. The average molecular weight is 263 g/mol. The Hall–Kier alpha value is -1.55. The summed E-state index contributed by atoms with van der Waals surface area (Å²) in [5.41, 5.74) is 1.09. The lowest BCUT2D eigenvalue weighted by atomic mass is 10.1. The van der Waals surface area contributed by atoms with Crippen LogP contribution in [0.3, 0.4) is 0 Å². The van der Waals surface area contributed by atoms with Crippen molar-refractivity contribution in [3.63, 3.8) is 0 Å². The molecular weight excluding hydrogens is 242 g/mol. The summed E-state index contributed by atoms with van der Waals surface area (Å²) in [6.07, 6.45) is 0.450. The van der Waals surface area contributed by atoms with Crippen LogP contribution >= 0.6 is 0 Å². The van der Waals surface area contributed by atoms with Gasteiger partial charge in [0, 0.05) is 25.5 Å². The molecule has 4 heteroatoms. The second kappa shape index (κ2) is 6.06. The van der Waals surface area contributed by atoms with Gasteiger partial charge in [-0.3, -0.25) is 4.79 Å². The van der Waals surface area contributed by atoms with E-state index in [2.05, 4.69) is 0 Å². The predicted octanol–water partition coefficient (Wildman–Crippen LogP) is 1.60. The van der Waals surface area contributed by atoms with Gasteiger partial charge in [-0.05, 0) is 25.5 Å². The molecule has 1 aromatic rings. The summed E-state index contributed by atoms with van der Waals surface area (Å²) in [7, 11) is 0. The Kier molecular flexibility index (Phi) is 4.43. The highest BCUT2D eigenvalue weighted by molar-refractivity contribution is 5.79. The van der Waals surface area contributed by atoms with Gasteiger partial charge in [0.05, 0.1) is 6.04 Å². The van der Waals surface area contributed by atoms with Crippen molar-refractivity contribution in [3.05, 3.63) is 29.8 Å². The first-order valence-electron chi connectivity index (χ1n) is 6.70. The van der Waals surface area contributed by atoms with Gasteiger partial charge in [0.15, 0.2) is 0 Å². The molecule has 19 heavy (non-hydrogen) atoms. The van der Waals surface area contributed by atoms with Crippen LogP contribution in [0, 0.1) is 12.8 Å². The molecule has 0 aliphatic carbocycles. The van der Waals surface area contributed by atoms with Crippen LogP contribution in [-0.4, -0.2) is 41.7 Å². The number of hydrogen-bond acceptors (Lipinski definition) is 3. The van der Waals surface area contributed by atoms with Crippen LogP contribution in [0.2, 0.25) is 0 Å². The number of hydrogen-bond donors (Lipinski definition) is 1. The monoisotopic (exact) mass is 263 g/mol. The number of amides is 1. The van der Waals surface area contributed by atoms with E-state index in [1.54, 1.807) is 4.90 Å². The quantitative estimate of drug-likeness (QED) is 0.878. The Balaban J connectivity index is 1.90. The van der Waals surface area contributed by atoms with E-state index in [4.69, 9.17) is 9.84 Å². The summed E-state index contributed by atoms with van der Waals surface area (Å²) in [5, 5.41) is 9.12. The number of aliphatic hydroxyl groups excluding tert-OH is 1. The zero-order valence-corrected chi connectivity index (χ0v) is 11.5. The molecule has 0 spiro atoms. The fourth-order valence-electron chi connectivity index (χ4n) is 2.38. The Bertz CT molecular complexity index is 447. The van der Waals surface area contributed by atoms with Crippen molar-refractivity contribution >= 4 is 5.91 Å². The average Bonchev–Trinajstić information content (AvgIpc) is 2.79. The fourth-order valence-corrected chi connectivity index (χ4v) is 2.38. The standard InChI is InChI=1S/C15H21NO3/c1-11-5-3-4-6-14(11)19-10-12(2)16-8-13(9-17)7-15(16)18/h3-6,12-13,17H,7-10H2,1-2H3. The van der Waals surface area contributed by atoms with E-state index in [1.807, 2.05) is 38.1 Å². The van der Waals surface area contributed by atoms with Crippen molar-refractivity contribution in [1.29, 1.82) is 0 Å². The van der Waals surface area contributed by atoms with Gasteiger partial charge in [0.1, 0.15) is 12.4 Å². The first kappa shape index (κ1) is 13.9. The van der Waals surface area contributed by atoms with Crippen LogP contribution in [0.25, 0.3) is 0 Å². The summed E-state index contributed by atoms with van der Waals surface area (Å²) < 4.78 is 5.77. The summed E-state index contributed by atoms with van der Waals surface area (Å²) in [4.78, 5) is 13.6. The van der Waals surface area contributed by atoms with Gasteiger partial charge < -0.3 is 14.7 Å². The maximum Gasteiger partial charge on any atom is 0.223 e. The van der Waals surface area contributed by atoms with Gasteiger partial charge in [-0.15, -0.1) is 0 Å². The molecule has 2 atom stereocenters. The molecule has 1 aromatic carbocycles. The van der Waals surface area contributed by atoms with E-state index in [1.165, 1.54) is 0 Å². The topological polar surface area (TPSA) is 49.8 Å². The van der Waals surface area contributed by atoms with Gasteiger partial charge in [-0.2, -0.15) is 0 Å². The zero-order valence-electron chi connectivity index (χ0n) is 11.5. The van der Waals surface area contributed by atoms with E-state index in [0.29, 0.717) is 19.6 Å². The van der Waals surface area contributed by atoms with Crippen molar-refractivity contribution in [3.8, 4) is 5.75 Å². The van der Waals surface area contributed by atoms with Gasteiger partial charge in [-0.1, -0.05) is 18.2 Å². The van der Waals surface area contributed by atoms with Crippen LogP contribution in [0.15, 0.2) is 24.3 Å². The number of likely N-dealkylation sites (tertiary alicyclic amines) is 1. The van der Waals surface area contributed by atoms with Gasteiger partial charge >= 0.3 is 0 Å².